The van der Waals surface area contributed by atoms with Crippen LogP contribution in [0.4, 0.5) is 0 Å². The van der Waals surface area contributed by atoms with E-state index < -0.39 is 0 Å². The second-order valence-electron chi connectivity index (χ2n) is 2.97. The maximum Gasteiger partial charge on any atom is 0.290 e. The molecular formula is C8H13NO3. The van der Waals surface area contributed by atoms with Gasteiger partial charge in [-0.1, -0.05) is 0 Å². The van der Waals surface area contributed by atoms with Crippen LogP contribution in [0, 0.1) is 0 Å². The average molecular weight is 171 g/mol. The standard InChI is InChI=1S/C8H13NO3/c1-6(12-2)5-9-4-3-7(10)8(9)11/h6H,3-5H2,1-2H3. The predicted octanol–water partition coefficient (Wildman–Crippen LogP) is -0.177. The number of methoxy groups -OCH3 is 1. The highest BCUT2D eigenvalue weighted by molar-refractivity contribution is 6.37. The SMILES string of the molecule is COC(C)CN1CCC(=O)C1=O. The molecule has 0 aliphatic carbocycles. The van der Waals surface area contributed by atoms with Gasteiger partial charge in [0.15, 0.2) is 0 Å². The van der Waals surface area contributed by atoms with Gasteiger partial charge in [0.1, 0.15) is 0 Å². The van der Waals surface area contributed by atoms with Crippen molar-refractivity contribution in [2.75, 3.05) is 20.2 Å². The Balaban J connectivity index is 2.44. The summed E-state index contributed by atoms with van der Waals surface area (Å²) in [5.74, 6) is -0.641. The molecule has 12 heavy (non-hydrogen) atoms. The molecule has 1 unspecified atom stereocenters. The second-order valence-corrected chi connectivity index (χ2v) is 2.97. The summed E-state index contributed by atoms with van der Waals surface area (Å²) in [5.41, 5.74) is 0. The van der Waals surface area contributed by atoms with Crippen LogP contribution < -0.4 is 0 Å². The normalized spacial score (nSPS) is 20.3. The molecule has 0 N–H and O–H groups in total. The van der Waals surface area contributed by atoms with E-state index in [9.17, 15) is 9.59 Å². The van der Waals surface area contributed by atoms with E-state index in [2.05, 4.69) is 0 Å². The number of hydrogen-bond donors (Lipinski definition) is 0. The molecule has 0 aromatic heterocycles. The number of ether oxygens (including phenoxy) is 1. The summed E-state index contributed by atoms with van der Waals surface area (Å²) in [6, 6.07) is 0. The van der Waals surface area contributed by atoms with Gasteiger partial charge < -0.3 is 9.64 Å². The first-order chi connectivity index (χ1) is 5.65. The molecule has 1 fully saturated rings. The minimum Gasteiger partial charge on any atom is -0.380 e. The second kappa shape index (κ2) is 3.67. The highest BCUT2D eigenvalue weighted by Gasteiger charge is 2.29. The van der Waals surface area contributed by atoms with Gasteiger partial charge in [0.05, 0.1) is 6.10 Å². The molecule has 4 nitrogen and oxygen atoms in total. The molecule has 4 heteroatoms. The number of carbonyl (C=O) groups excluding carboxylic acids is 2. The van der Waals surface area contributed by atoms with Crippen molar-refractivity contribution < 1.29 is 14.3 Å². The van der Waals surface area contributed by atoms with Gasteiger partial charge in [-0.3, -0.25) is 9.59 Å². The van der Waals surface area contributed by atoms with Gasteiger partial charge in [0.2, 0.25) is 5.78 Å². The predicted molar refractivity (Wildman–Crippen MR) is 42.7 cm³/mol. The molecule has 1 saturated heterocycles. The summed E-state index contributed by atoms with van der Waals surface area (Å²) in [7, 11) is 1.59. The molecule has 0 spiro atoms. The Bertz CT molecular complexity index is 202. The first kappa shape index (κ1) is 9.19. The van der Waals surface area contributed by atoms with E-state index in [-0.39, 0.29) is 17.8 Å². The third-order valence-electron chi connectivity index (χ3n) is 2.01. The van der Waals surface area contributed by atoms with Crippen LogP contribution in [0.15, 0.2) is 0 Å². The summed E-state index contributed by atoms with van der Waals surface area (Å²) in [6.07, 6.45) is 0.356. The first-order valence-corrected chi connectivity index (χ1v) is 4.00. The Labute approximate surface area is 71.5 Å². The fourth-order valence-electron chi connectivity index (χ4n) is 1.18. The van der Waals surface area contributed by atoms with E-state index in [1.807, 2.05) is 6.92 Å². The van der Waals surface area contributed by atoms with Crippen LogP contribution in [0.25, 0.3) is 0 Å². The van der Waals surface area contributed by atoms with E-state index in [0.717, 1.165) is 0 Å². The van der Waals surface area contributed by atoms with Gasteiger partial charge in [-0.15, -0.1) is 0 Å². The fraction of sp³-hybridized carbons (Fsp3) is 0.750. The van der Waals surface area contributed by atoms with Crippen molar-refractivity contribution in [3.05, 3.63) is 0 Å². The van der Waals surface area contributed by atoms with Gasteiger partial charge in [0.25, 0.3) is 5.91 Å². The van der Waals surface area contributed by atoms with Gasteiger partial charge in [-0.2, -0.15) is 0 Å². The molecule has 0 aromatic rings. The zero-order valence-electron chi connectivity index (χ0n) is 7.37. The van der Waals surface area contributed by atoms with Crippen molar-refractivity contribution in [1.29, 1.82) is 0 Å². The van der Waals surface area contributed by atoms with Crippen molar-refractivity contribution in [1.82, 2.24) is 4.90 Å². The third kappa shape index (κ3) is 1.82. The summed E-state index contributed by atoms with van der Waals surface area (Å²) in [6.45, 7) is 2.93. The van der Waals surface area contributed by atoms with Crippen molar-refractivity contribution in [2.45, 2.75) is 19.4 Å². The molecule has 1 atom stereocenters. The number of amides is 1. The number of Topliss-reactive ketones (excluding diaryl/α,β-unsaturated/α-hetero) is 1. The molecule has 0 bridgehead atoms. The molecule has 1 aliphatic rings. The Morgan fingerprint density at radius 3 is 2.67 bits per heavy atom. The van der Waals surface area contributed by atoms with E-state index >= 15 is 0 Å². The van der Waals surface area contributed by atoms with E-state index in [4.69, 9.17) is 4.74 Å². The molecular weight excluding hydrogens is 158 g/mol. The number of carbonyl (C=O) groups is 2. The van der Waals surface area contributed by atoms with Crippen LogP contribution in [-0.4, -0.2) is 42.9 Å². The highest BCUT2D eigenvalue weighted by atomic mass is 16.5. The van der Waals surface area contributed by atoms with Crippen LogP contribution in [-0.2, 0) is 14.3 Å². The summed E-state index contributed by atoms with van der Waals surface area (Å²) < 4.78 is 4.99. The maximum atomic E-state index is 11.1. The number of nitrogens with zero attached hydrogens (tertiary/aromatic N) is 1. The minimum atomic E-state index is -0.362. The van der Waals surface area contributed by atoms with Crippen molar-refractivity contribution >= 4 is 11.7 Å². The molecule has 68 valence electrons. The molecule has 1 heterocycles. The summed E-state index contributed by atoms with van der Waals surface area (Å²) in [4.78, 5) is 23.4. The Kier molecular flexibility index (Phi) is 2.81. The van der Waals surface area contributed by atoms with E-state index in [1.54, 1.807) is 7.11 Å². The maximum absolute atomic E-state index is 11.1. The van der Waals surface area contributed by atoms with Crippen molar-refractivity contribution in [2.24, 2.45) is 0 Å². The van der Waals surface area contributed by atoms with Gasteiger partial charge in [-0.05, 0) is 6.92 Å². The zero-order chi connectivity index (χ0) is 9.14. The van der Waals surface area contributed by atoms with Crippen LogP contribution in [0.3, 0.4) is 0 Å². The van der Waals surface area contributed by atoms with Gasteiger partial charge >= 0.3 is 0 Å². The number of likely N-dealkylation sites (tertiary alicyclic amines) is 1. The minimum absolute atomic E-state index is 0.000139. The lowest BCUT2D eigenvalue weighted by molar-refractivity contribution is -0.140. The van der Waals surface area contributed by atoms with Crippen molar-refractivity contribution in [3.63, 3.8) is 0 Å². The molecule has 1 amide bonds. The summed E-state index contributed by atoms with van der Waals surface area (Å²) >= 11 is 0. The van der Waals surface area contributed by atoms with Crippen LogP contribution >= 0.6 is 0 Å². The Hall–Kier alpha value is -0.900. The third-order valence-corrected chi connectivity index (χ3v) is 2.01. The topological polar surface area (TPSA) is 46.6 Å². The largest absolute Gasteiger partial charge is 0.380 e. The van der Waals surface area contributed by atoms with E-state index in [0.29, 0.717) is 19.5 Å². The molecule has 0 aromatic carbocycles. The molecule has 1 rings (SSSR count). The lowest BCUT2D eigenvalue weighted by Gasteiger charge is -2.18. The van der Waals surface area contributed by atoms with E-state index in [1.165, 1.54) is 4.90 Å². The molecule has 0 radical (unpaired) electrons. The van der Waals surface area contributed by atoms with Crippen LogP contribution in [0.2, 0.25) is 0 Å². The number of rotatable bonds is 3. The van der Waals surface area contributed by atoms with Gasteiger partial charge in [0, 0.05) is 26.6 Å². The Morgan fingerprint density at radius 1 is 1.58 bits per heavy atom. The lowest BCUT2D eigenvalue weighted by atomic mass is 10.3. The number of hydrogen-bond acceptors (Lipinski definition) is 3. The first-order valence-electron chi connectivity index (χ1n) is 4.00. The van der Waals surface area contributed by atoms with Crippen molar-refractivity contribution in [3.8, 4) is 0 Å². The highest BCUT2D eigenvalue weighted by Crippen LogP contribution is 2.07. The lowest BCUT2D eigenvalue weighted by Crippen LogP contribution is -2.34. The fourth-order valence-corrected chi connectivity index (χ4v) is 1.18. The molecule has 1 aliphatic heterocycles. The molecule has 0 saturated carbocycles. The van der Waals surface area contributed by atoms with Gasteiger partial charge in [-0.25, -0.2) is 0 Å². The monoisotopic (exact) mass is 171 g/mol. The smallest absolute Gasteiger partial charge is 0.290 e. The summed E-state index contributed by atoms with van der Waals surface area (Å²) in [5, 5.41) is 0. The quantitative estimate of drug-likeness (QED) is 0.553. The number of ketones is 1. The van der Waals surface area contributed by atoms with Crippen LogP contribution in [0.5, 0.6) is 0 Å². The van der Waals surface area contributed by atoms with Crippen LogP contribution in [0.1, 0.15) is 13.3 Å². The average Bonchev–Trinajstić information content (AvgIpc) is 2.36. The zero-order valence-corrected chi connectivity index (χ0v) is 7.37. The Morgan fingerprint density at radius 2 is 2.25 bits per heavy atom.